The Labute approximate surface area is 120 Å². The Balaban J connectivity index is 2.70. The molecule has 5 heteroatoms. The van der Waals surface area contributed by atoms with Crippen molar-refractivity contribution in [3.8, 4) is 12.3 Å². The van der Waals surface area contributed by atoms with Crippen LogP contribution in [0.15, 0.2) is 0 Å². The van der Waals surface area contributed by atoms with E-state index in [1.165, 1.54) is 0 Å². The zero-order valence-corrected chi connectivity index (χ0v) is 12.5. The minimum absolute atomic E-state index is 0.00881. The Kier molecular flexibility index (Phi) is 5.43. The van der Waals surface area contributed by atoms with Crippen molar-refractivity contribution in [2.24, 2.45) is 11.3 Å². The minimum atomic E-state index is -0.828. The van der Waals surface area contributed by atoms with Gasteiger partial charge in [-0.15, -0.1) is 12.3 Å². The van der Waals surface area contributed by atoms with E-state index in [0.29, 0.717) is 19.4 Å². The number of rotatable bonds is 5. The molecule has 1 aliphatic rings. The molecule has 5 nitrogen and oxygen atoms in total. The van der Waals surface area contributed by atoms with Gasteiger partial charge in [-0.2, -0.15) is 0 Å². The van der Waals surface area contributed by atoms with E-state index < -0.39 is 11.4 Å². The fourth-order valence-corrected chi connectivity index (χ4v) is 2.60. The molecule has 1 aliphatic heterocycles. The molecular weight excluding hydrogens is 256 g/mol. The highest BCUT2D eigenvalue weighted by atomic mass is 16.4. The number of carboxylic acid groups (broad SMARTS) is 1. The van der Waals surface area contributed by atoms with Gasteiger partial charge in [0.15, 0.2) is 0 Å². The van der Waals surface area contributed by atoms with Crippen LogP contribution in [0.25, 0.3) is 0 Å². The second-order valence-corrected chi connectivity index (χ2v) is 5.75. The van der Waals surface area contributed by atoms with Gasteiger partial charge in [-0.25, -0.2) is 4.79 Å². The maximum absolute atomic E-state index is 12.2. The van der Waals surface area contributed by atoms with E-state index in [0.717, 1.165) is 6.42 Å². The fraction of sp³-hybridized carbons (Fsp3) is 0.733. The molecule has 0 aliphatic carbocycles. The summed E-state index contributed by atoms with van der Waals surface area (Å²) < 4.78 is 0. The van der Waals surface area contributed by atoms with Crippen LogP contribution >= 0.6 is 0 Å². The first-order chi connectivity index (χ1) is 9.37. The summed E-state index contributed by atoms with van der Waals surface area (Å²) in [6, 6.07) is -0.262. The van der Waals surface area contributed by atoms with Gasteiger partial charge in [-0.1, -0.05) is 20.8 Å². The van der Waals surface area contributed by atoms with Crippen LogP contribution in [0.1, 0.15) is 40.0 Å². The number of hydrogen-bond acceptors (Lipinski definition) is 2. The summed E-state index contributed by atoms with van der Waals surface area (Å²) in [5.74, 6) is 1.71. The quantitative estimate of drug-likeness (QED) is 0.756. The van der Waals surface area contributed by atoms with Gasteiger partial charge in [-0.3, -0.25) is 4.79 Å². The molecule has 0 aromatic rings. The van der Waals surface area contributed by atoms with E-state index in [2.05, 4.69) is 11.2 Å². The standard InChI is InChI=1S/C15H24N2O3/c1-5-7-12(6-2)16-14(20)17-9-8-15(10-17,11(3)4)13(18)19/h1,11-12H,6-10H2,2-4H3,(H,16,20)(H,18,19). The Bertz CT molecular complexity index is 414. The van der Waals surface area contributed by atoms with Crippen molar-refractivity contribution in [3.63, 3.8) is 0 Å². The average molecular weight is 280 g/mol. The van der Waals surface area contributed by atoms with Gasteiger partial charge in [0, 0.05) is 25.6 Å². The lowest BCUT2D eigenvalue weighted by molar-refractivity contribution is -0.150. The Hall–Kier alpha value is -1.70. The van der Waals surface area contributed by atoms with Gasteiger partial charge in [0.25, 0.3) is 0 Å². The number of aliphatic carboxylic acids is 1. The van der Waals surface area contributed by atoms with Crippen LogP contribution < -0.4 is 5.32 Å². The van der Waals surface area contributed by atoms with E-state index >= 15 is 0 Å². The lowest BCUT2D eigenvalue weighted by Crippen LogP contribution is -2.46. The molecule has 1 saturated heterocycles. The van der Waals surface area contributed by atoms with Gasteiger partial charge < -0.3 is 15.3 Å². The second kappa shape index (κ2) is 6.65. The molecular formula is C15H24N2O3. The van der Waals surface area contributed by atoms with E-state index in [4.69, 9.17) is 6.42 Å². The highest BCUT2D eigenvalue weighted by molar-refractivity contribution is 5.80. The maximum Gasteiger partial charge on any atom is 0.317 e. The normalized spacial score (nSPS) is 23.4. The lowest BCUT2D eigenvalue weighted by atomic mass is 9.76. The third kappa shape index (κ3) is 3.24. The monoisotopic (exact) mass is 280 g/mol. The van der Waals surface area contributed by atoms with E-state index in [1.807, 2.05) is 20.8 Å². The molecule has 2 amide bonds. The van der Waals surface area contributed by atoms with Crippen LogP contribution in [0, 0.1) is 23.7 Å². The topological polar surface area (TPSA) is 69.6 Å². The second-order valence-electron chi connectivity index (χ2n) is 5.75. The van der Waals surface area contributed by atoms with Crippen molar-refractivity contribution < 1.29 is 14.7 Å². The van der Waals surface area contributed by atoms with Gasteiger partial charge in [0.1, 0.15) is 0 Å². The number of nitrogens with zero attached hydrogens (tertiary/aromatic N) is 1. The predicted molar refractivity (Wildman–Crippen MR) is 77.2 cm³/mol. The number of urea groups is 1. The lowest BCUT2D eigenvalue weighted by Gasteiger charge is -2.29. The first-order valence-electron chi connectivity index (χ1n) is 7.09. The molecule has 1 heterocycles. The number of nitrogens with one attached hydrogen (secondary N) is 1. The van der Waals surface area contributed by atoms with Crippen molar-refractivity contribution in [3.05, 3.63) is 0 Å². The zero-order chi connectivity index (χ0) is 15.3. The zero-order valence-electron chi connectivity index (χ0n) is 12.5. The van der Waals surface area contributed by atoms with Crippen LogP contribution in [0.3, 0.4) is 0 Å². The Morgan fingerprint density at radius 1 is 1.50 bits per heavy atom. The van der Waals surface area contributed by atoms with Gasteiger partial charge >= 0.3 is 12.0 Å². The van der Waals surface area contributed by atoms with Crippen LogP contribution in [0.4, 0.5) is 4.79 Å². The molecule has 20 heavy (non-hydrogen) atoms. The van der Waals surface area contributed by atoms with E-state index in [9.17, 15) is 14.7 Å². The molecule has 1 fully saturated rings. The Morgan fingerprint density at radius 2 is 2.15 bits per heavy atom. The number of carbonyl (C=O) groups excluding carboxylic acids is 1. The molecule has 1 rings (SSSR count). The number of carbonyl (C=O) groups is 2. The average Bonchev–Trinajstić information content (AvgIpc) is 2.84. The molecule has 2 N–H and O–H groups in total. The number of carboxylic acids is 1. The van der Waals surface area contributed by atoms with Crippen LogP contribution in [-0.4, -0.2) is 41.1 Å². The smallest absolute Gasteiger partial charge is 0.317 e. The summed E-state index contributed by atoms with van der Waals surface area (Å²) in [5.41, 5.74) is -0.828. The molecule has 0 saturated carbocycles. The molecule has 0 spiro atoms. The molecule has 0 radical (unpaired) electrons. The van der Waals surface area contributed by atoms with Gasteiger partial charge in [-0.05, 0) is 18.8 Å². The molecule has 0 aromatic heterocycles. The summed E-state index contributed by atoms with van der Waals surface area (Å²) in [6.45, 7) is 6.48. The molecule has 0 aromatic carbocycles. The molecule has 2 atom stereocenters. The Morgan fingerprint density at radius 3 is 2.55 bits per heavy atom. The first kappa shape index (κ1) is 16.4. The van der Waals surface area contributed by atoms with Gasteiger partial charge in [0.2, 0.25) is 0 Å². The summed E-state index contributed by atoms with van der Waals surface area (Å²) in [5, 5.41) is 12.3. The van der Waals surface area contributed by atoms with Crippen molar-refractivity contribution in [1.29, 1.82) is 0 Å². The summed E-state index contributed by atoms with van der Waals surface area (Å²) in [6.07, 6.45) is 7.02. The molecule has 2 unspecified atom stereocenters. The molecule has 112 valence electrons. The molecule has 0 bridgehead atoms. The first-order valence-corrected chi connectivity index (χ1v) is 7.09. The van der Waals surface area contributed by atoms with Crippen molar-refractivity contribution in [1.82, 2.24) is 10.2 Å². The van der Waals surface area contributed by atoms with Crippen LogP contribution in [-0.2, 0) is 4.79 Å². The summed E-state index contributed by atoms with van der Waals surface area (Å²) in [4.78, 5) is 25.3. The van der Waals surface area contributed by atoms with Crippen LogP contribution in [0.2, 0.25) is 0 Å². The van der Waals surface area contributed by atoms with Crippen molar-refractivity contribution in [2.75, 3.05) is 13.1 Å². The fourth-order valence-electron chi connectivity index (χ4n) is 2.60. The number of amides is 2. The van der Waals surface area contributed by atoms with Crippen molar-refractivity contribution in [2.45, 2.75) is 46.1 Å². The van der Waals surface area contributed by atoms with E-state index in [1.54, 1.807) is 4.90 Å². The number of likely N-dealkylation sites (tertiary alicyclic amines) is 1. The third-order valence-electron chi connectivity index (χ3n) is 4.30. The number of terminal acetylenes is 1. The third-order valence-corrected chi connectivity index (χ3v) is 4.30. The van der Waals surface area contributed by atoms with Crippen LogP contribution in [0.5, 0.6) is 0 Å². The van der Waals surface area contributed by atoms with Gasteiger partial charge in [0.05, 0.1) is 5.41 Å². The predicted octanol–water partition coefficient (Wildman–Crippen LogP) is 1.93. The minimum Gasteiger partial charge on any atom is -0.481 e. The SMILES string of the molecule is C#CCC(CC)NC(=O)N1CCC(C(=O)O)(C(C)C)C1. The number of hydrogen-bond donors (Lipinski definition) is 2. The highest BCUT2D eigenvalue weighted by Crippen LogP contribution is 2.38. The summed E-state index contributed by atoms with van der Waals surface area (Å²) in [7, 11) is 0. The highest BCUT2D eigenvalue weighted by Gasteiger charge is 2.48. The summed E-state index contributed by atoms with van der Waals surface area (Å²) >= 11 is 0. The van der Waals surface area contributed by atoms with E-state index in [-0.39, 0.29) is 24.5 Å². The maximum atomic E-state index is 12.2. The van der Waals surface area contributed by atoms with Crippen molar-refractivity contribution >= 4 is 12.0 Å². The largest absolute Gasteiger partial charge is 0.481 e.